The minimum atomic E-state index is -4.32. The first-order valence-electron chi connectivity index (χ1n) is 3.09. The highest BCUT2D eigenvalue weighted by Crippen LogP contribution is 2.26. The number of hydrogen-bond donors (Lipinski definition) is 0. The fourth-order valence-electron chi connectivity index (χ4n) is 0.530. The minimum absolute atomic E-state index is 0.852. The topological polar surface area (TPSA) is 64.1 Å². The second kappa shape index (κ2) is 5.32. The fourth-order valence-corrected chi connectivity index (χ4v) is 0.530. The van der Waals surface area contributed by atoms with Crippen molar-refractivity contribution in [1.29, 1.82) is 0 Å². The van der Waals surface area contributed by atoms with Gasteiger partial charge in [-0.1, -0.05) is 6.07 Å². The highest BCUT2D eigenvalue weighted by molar-refractivity contribution is 7.59. The predicted molar refractivity (Wildman–Crippen MR) is 38.9 cm³/mol. The van der Waals surface area contributed by atoms with Crippen LogP contribution in [-0.2, 0) is 16.8 Å². The molecule has 0 radical (unpaired) electrons. The molecule has 0 atom stereocenters. The predicted octanol–water partition coefficient (Wildman–Crippen LogP) is 1.10. The molecule has 0 aliphatic carbocycles. The summed E-state index contributed by atoms with van der Waals surface area (Å²) in [6.45, 7) is 0. The molecule has 0 fully saturated rings. The summed E-state index contributed by atoms with van der Waals surface area (Å²) >= 11 is 0. The third-order valence-corrected chi connectivity index (χ3v) is 0.955. The van der Waals surface area contributed by atoms with Crippen molar-refractivity contribution >= 4 is 10.6 Å². The third kappa shape index (κ3) is 6.12. The molecule has 4 nitrogen and oxygen atoms in total. The largest absolute Gasteiger partial charge is 0.433 e. The maximum Gasteiger partial charge on any atom is 0.433 e. The number of alkyl halides is 3. The van der Waals surface area contributed by atoms with Gasteiger partial charge >= 0.3 is 16.8 Å². The van der Waals surface area contributed by atoms with E-state index in [0.717, 1.165) is 12.3 Å². The number of aromatic nitrogens is 1. The van der Waals surface area contributed by atoms with Crippen LogP contribution in [0.4, 0.5) is 13.2 Å². The van der Waals surface area contributed by atoms with Crippen LogP contribution >= 0.6 is 0 Å². The molecule has 8 heteroatoms. The van der Waals surface area contributed by atoms with Crippen molar-refractivity contribution in [2.45, 2.75) is 6.18 Å². The molecular weight excluding hydrogens is 223 g/mol. The number of pyridine rings is 1. The Morgan fingerprint density at radius 2 is 1.64 bits per heavy atom. The number of nitrogens with zero attached hydrogens (tertiary/aromatic N) is 1. The molecule has 1 aromatic rings. The molecule has 0 N–H and O–H groups in total. The summed E-state index contributed by atoms with van der Waals surface area (Å²) in [6.07, 6.45) is -3.20. The standard InChI is InChI=1S/C6H4F3N.O3S/c7-6(8,9)5-3-1-2-4-10-5;1-4(2)3/h1-4H;. The van der Waals surface area contributed by atoms with Gasteiger partial charge in [-0.05, 0) is 12.1 Å². The molecule has 1 aromatic heterocycles. The van der Waals surface area contributed by atoms with Crippen LogP contribution in [0.5, 0.6) is 0 Å². The van der Waals surface area contributed by atoms with Crippen LogP contribution in [0.1, 0.15) is 5.69 Å². The van der Waals surface area contributed by atoms with Gasteiger partial charge in [0.05, 0.1) is 0 Å². The Kier molecular flexibility index (Phi) is 4.78. The Labute approximate surface area is 78.5 Å². The lowest BCUT2D eigenvalue weighted by molar-refractivity contribution is -0.141. The Morgan fingerprint density at radius 3 is 1.86 bits per heavy atom. The lowest BCUT2D eigenvalue weighted by Gasteiger charge is -2.02. The van der Waals surface area contributed by atoms with Gasteiger partial charge in [-0.3, -0.25) is 4.98 Å². The number of halogens is 3. The van der Waals surface area contributed by atoms with Crippen molar-refractivity contribution in [2.24, 2.45) is 0 Å². The highest BCUT2D eigenvalue weighted by Gasteiger charge is 2.31. The second-order valence-electron chi connectivity index (χ2n) is 1.92. The van der Waals surface area contributed by atoms with E-state index < -0.39 is 22.5 Å². The Balaban J connectivity index is 0.000000364. The van der Waals surface area contributed by atoms with Crippen molar-refractivity contribution in [3.05, 3.63) is 30.1 Å². The van der Waals surface area contributed by atoms with Gasteiger partial charge in [-0.2, -0.15) is 13.2 Å². The highest BCUT2D eigenvalue weighted by atomic mass is 32.2. The van der Waals surface area contributed by atoms with E-state index in [4.69, 9.17) is 12.6 Å². The van der Waals surface area contributed by atoms with Crippen molar-refractivity contribution < 1.29 is 25.8 Å². The Hall–Kier alpha value is -1.44. The van der Waals surface area contributed by atoms with E-state index in [1.807, 2.05) is 0 Å². The third-order valence-electron chi connectivity index (χ3n) is 0.955. The monoisotopic (exact) mass is 227 g/mol. The number of rotatable bonds is 0. The first-order valence-corrected chi connectivity index (χ1v) is 4.09. The Morgan fingerprint density at radius 1 is 1.14 bits per heavy atom. The van der Waals surface area contributed by atoms with Crippen molar-refractivity contribution in [3.8, 4) is 0 Å². The quantitative estimate of drug-likeness (QED) is 0.665. The zero-order valence-corrected chi connectivity index (χ0v) is 7.34. The van der Waals surface area contributed by atoms with Crippen molar-refractivity contribution in [1.82, 2.24) is 4.98 Å². The van der Waals surface area contributed by atoms with Crippen LogP contribution in [0, 0.1) is 0 Å². The lowest BCUT2D eigenvalue weighted by atomic mass is 10.3. The normalized spacial score (nSPS) is 9.93. The van der Waals surface area contributed by atoms with Gasteiger partial charge in [0.25, 0.3) is 0 Å². The van der Waals surface area contributed by atoms with Gasteiger partial charge in [0, 0.05) is 6.20 Å². The van der Waals surface area contributed by atoms with Crippen LogP contribution in [0.25, 0.3) is 0 Å². The Bertz CT molecular complexity index is 365. The lowest BCUT2D eigenvalue weighted by Crippen LogP contribution is -2.06. The van der Waals surface area contributed by atoms with Gasteiger partial charge in [-0.25, -0.2) is 0 Å². The molecule has 0 aromatic carbocycles. The maximum absolute atomic E-state index is 11.7. The number of hydrogen-bond acceptors (Lipinski definition) is 4. The molecule has 0 spiro atoms. The smallest absolute Gasteiger partial charge is 0.252 e. The van der Waals surface area contributed by atoms with Gasteiger partial charge in [0.1, 0.15) is 5.69 Å². The molecule has 0 amide bonds. The summed E-state index contributed by atoms with van der Waals surface area (Å²) in [5, 5.41) is 0. The molecule has 14 heavy (non-hydrogen) atoms. The summed E-state index contributed by atoms with van der Waals surface area (Å²) in [7, 11) is -3.11. The summed E-state index contributed by atoms with van der Waals surface area (Å²) in [5.74, 6) is 0. The van der Waals surface area contributed by atoms with E-state index in [2.05, 4.69) is 4.98 Å². The van der Waals surface area contributed by atoms with Crippen LogP contribution in [0.15, 0.2) is 24.4 Å². The molecule has 0 aliphatic rings. The van der Waals surface area contributed by atoms with Crippen molar-refractivity contribution in [2.75, 3.05) is 0 Å². The average Bonchev–Trinajstić information content (AvgIpc) is 2.03. The van der Waals surface area contributed by atoms with Gasteiger partial charge < -0.3 is 0 Å². The van der Waals surface area contributed by atoms with Crippen LogP contribution in [0.2, 0.25) is 0 Å². The summed E-state index contributed by atoms with van der Waals surface area (Å²) in [4.78, 5) is 3.12. The van der Waals surface area contributed by atoms with E-state index >= 15 is 0 Å². The summed E-state index contributed by atoms with van der Waals surface area (Å²) in [6, 6.07) is 3.67. The molecule has 0 aliphatic heterocycles. The molecule has 0 bridgehead atoms. The maximum atomic E-state index is 11.7. The van der Waals surface area contributed by atoms with Gasteiger partial charge in [0.15, 0.2) is 0 Å². The van der Waals surface area contributed by atoms with Crippen molar-refractivity contribution in [3.63, 3.8) is 0 Å². The fraction of sp³-hybridized carbons (Fsp3) is 0.167. The molecule has 0 unspecified atom stereocenters. The average molecular weight is 227 g/mol. The van der Waals surface area contributed by atoms with Crippen LogP contribution in [-0.4, -0.2) is 17.6 Å². The molecule has 1 rings (SSSR count). The van der Waals surface area contributed by atoms with E-state index in [1.54, 1.807) is 0 Å². The zero-order valence-electron chi connectivity index (χ0n) is 6.52. The zero-order chi connectivity index (χ0) is 11.2. The summed E-state index contributed by atoms with van der Waals surface area (Å²) in [5.41, 5.74) is -0.852. The molecule has 1 heterocycles. The van der Waals surface area contributed by atoms with E-state index in [0.29, 0.717) is 0 Å². The minimum Gasteiger partial charge on any atom is -0.252 e. The van der Waals surface area contributed by atoms with Gasteiger partial charge in [0.2, 0.25) is 0 Å². The molecule has 0 saturated heterocycles. The SMILES string of the molecule is FC(F)(F)c1ccccn1.O=S(=O)=O. The van der Waals surface area contributed by atoms with Crippen LogP contribution in [0.3, 0.4) is 0 Å². The first-order chi connectivity index (χ1) is 6.34. The van der Waals surface area contributed by atoms with Gasteiger partial charge in [-0.15, -0.1) is 12.6 Å². The van der Waals surface area contributed by atoms with E-state index in [1.165, 1.54) is 12.1 Å². The summed E-state index contributed by atoms with van der Waals surface area (Å²) < 4.78 is 60.5. The van der Waals surface area contributed by atoms with Crippen LogP contribution < -0.4 is 0 Å². The molecule has 78 valence electrons. The molecule has 0 saturated carbocycles. The molecular formula is C6H4F3NO3S. The van der Waals surface area contributed by atoms with E-state index in [-0.39, 0.29) is 0 Å². The van der Waals surface area contributed by atoms with E-state index in [9.17, 15) is 13.2 Å². The second-order valence-corrected chi connectivity index (χ2v) is 2.33. The first kappa shape index (κ1) is 12.6.